The Morgan fingerprint density at radius 1 is 1.06 bits per heavy atom. The minimum absolute atomic E-state index is 0.144. The van der Waals surface area contributed by atoms with Crippen molar-refractivity contribution in [2.75, 3.05) is 35.6 Å². The molecule has 0 aliphatic carbocycles. The predicted octanol–water partition coefficient (Wildman–Crippen LogP) is 4.97. The molecule has 2 aromatic carbocycles. The number of hydrogen-bond acceptors (Lipinski definition) is 5. The van der Waals surface area contributed by atoms with Crippen LogP contribution in [0, 0.1) is 0 Å². The third-order valence-corrected chi connectivity index (χ3v) is 7.57. The molecule has 3 heterocycles. The van der Waals surface area contributed by atoms with Crippen molar-refractivity contribution in [1.82, 2.24) is 5.32 Å². The Morgan fingerprint density at radius 2 is 1.87 bits per heavy atom. The molecule has 2 aliphatic rings. The molecule has 5 rings (SSSR count). The quantitative estimate of drug-likeness (QED) is 0.509. The number of benzene rings is 2. The second-order valence-electron chi connectivity index (χ2n) is 8.58. The average molecular weight is 433 g/mol. The van der Waals surface area contributed by atoms with Crippen molar-refractivity contribution in [1.29, 1.82) is 0 Å². The molecule has 0 atom stereocenters. The van der Waals surface area contributed by atoms with Gasteiger partial charge < -0.3 is 21.3 Å². The first-order valence-electron chi connectivity index (χ1n) is 11.0. The lowest BCUT2D eigenvalue weighted by atomic mass is 9.86. The van der Waals surface area contributed by atoms with Gasteiger partial charge in [0, 0.05) is 34.8 Å². The van der Waals surface area contributed by atoms with Gasteiger partial charge in [-0.25, -0.2) is 0 Å². The first kappa shape index (κ1) is 20.1. The second kappa shape index (κ2) is 8.36. The SMILES string of the molecule is Nc1ccc(-c2cccs2)cc1NC(=O)c1ccc(N2CCC3(CCCN3)CC2)cc1. The van der Waals surface area contributed by atoms with E-state index in [2.05, 4.69) is 33.7 Å². The highest BCUT2D eigenvalue weighted by Gasteiger charge is 2.36. The number of nitrogens with two attached hydrogens (primary N) is 1. The standard InChI is InChI=1S/C25H28N4OS/c26-21-9-6-19(23-3-1-16-31-23)17-22(21)28-24(30)18-4-7-20(8-5-18)29-14-11-25(12-15-29)10-2-13-27-25/h1,3-9,16-17,27H,2,10-15,26H2,(H,28,30). The summed E-state index contributed by atoms with van der Waals surface area (Å²) in [6.07, 6.45) is 4.98. The number of nitrogens with zero attached hydrogens (tertiary/aromatic N) is 1. The molecule has 2 aliphatic heterocycles. The molecule has 1 aromatic heterocycles. The molecule has 4 N–H and O–H groups in total. The van der Waals surface area contributed by atoms with E-state index in [0.29, 0.717) is 22.5 Å². The fourth-order valence-electron chi connectivity index (χ4n) is 4.77. The molecule has 0 bridgehead atoms. The van der Waals surface area contributed by atoms with Crippen LogP contribution in [0.2, 0.25) is 0 Å². The molecule has 160 valence electrons. The molecule has 2 fully saturated rings. The first-order valence-corrected chi connectivity index (χ1v) is 11.8. The molecule has 2 saturated heterocycles. The van der Waals surface area contributed by atoms with Gasteiger partial charge in [0.2, 0.25) is 0 Å². The fourth-order valence-corrected chi connectivity index (χ4v) is 5.49. The summed E-state index contributed by atoms with van der Waals surface area (Å²) < 4.78 is 0. The van der Waals surface area contributed by atoms with Gasteiger partial charge in [-0.2, -0.15) is 0 Å². The van der Waals surface area contributed by atoms with Crippen molar-refractivity contribution < 1.29 is 4.79 Å². The highest BCUT2D eigenvalue weighted by atomic mass is 32.1. The Balaban J connectivity index is 1.25. The van der Waals surface area contributed by atoms with Gasteiger partial charge >= 0.3 is 0 Å². The van der Waals surface area contributed by atoms with Gasteiger partial charge in [-0.05, 0) is 85.6 Å². The van der Waals surface area contributed by atoms with E-state index in [1.54, 1.807) is 11.3 Å². The van der Waals surface area contributed by atoms with E-state index in [0.717, 1.165) is 30.1 Å². The number of thiophene rings is 1. The Kier molecular flexibility index (Phi) is 5.42. The number of nitrogen functional groups attached to an aromatic ring is 1. The summed E-state index contributed by atoms with van der Waals surface area (Å²) in [6.45, 7) is 3.28. The van der Waals surface area contributed by atoms with E-state index < -0.39 is 0 Å². The van der Waals surface area contributed by atoms with Crippen LogP contribution < -0.4 is 21.3 Å². The maximum Gasteiger partial charge on any atom is 0.255 e. The number of piperidine rings is 1. The van der Waals surface area contributed by atoms with Gasteiger partial charge in [0.25, 0.3) is 5.91 Å². The van der Waals surface area contributed by atoms with Gasteiger partial charge in [-0.3, -0.25) is 4.79 Å². The summed E-state index contributed by atoms with van der Waals surface area (Å²) in [7, 11) is 0. The van der Waals surface area contributed by atoms with Crippen molar-refractivity contribution in [3.05, 3.63) is 65.5 Å². The Bertz CT molecular complexity index is 1050. The minimum atomic E-state index is -0.144. The molecule has 1 spiro atoms. The number of nitrogens with one attached hydrogen (secondary N) is 2. The van der Waals surface area contributed by atoms with Gasteiger partial charge in [-0.1, -0.05) is 12.1 Å². The molecule has 3 aromatic rings. The summed E-state index contributed by atoms with van der Waals surface area (Å²) in [6, 6.07) is 17.8. The highest BCUT2D eigenvalue weighted by Crippen LogP contribution is 2.33. The lowest BCUT2D eigenvalue weighted by Crippen LogP contribution is -2.50. The molecule has 5 nitrogen and oxygen atoms in total. The van der Waals surface area contributed by atoms with Crippen LogP contribution >= 0.6 is 11.3 Å². The minimum Gasteiger partial charge on any atom is -0.397 e. The smallest absolute Gasteiger partial charge is 0.255 e. The lowest BCUT2D eigenvalue weighted by Gasteiger charge is -2.40. The van der Waals surface area contributed by atoms with Crippen LogP contribution in [0.1, 0.15) is 36.0 Å². The maximum atomic E-state index is 12.8. The van der Waals surface area contributed by atoms with Crippen LogP contribution in [0.4, 0.5) is 17.1 Å². The molecular formula is C25H28N4OS. The largest absolute Gasteiger partial charge is 0.397 e. The van der Waals surface area contributed by atoms with Crippen LogP contribution in [0.15, 0.2) is 60.0 Å². The third-order valence-electron chi connectivity index (χ3n) is 6.65. The van der Waals surface area contributed by atoms with E-state index in [-0.39, 0.29) is 5.91 Å². The van der Waals surface area contributed by atoms with Gasteiger partial charge in [0.15, 0.2) is 0 Å². The normalized spacial score (nSPS) is 17.7. The summed E-state index contributed by atoms with van der Waals surface area (Å²) in [5.74, 6) is -0.144. The van der Waals surface area contributed by atoms with Crippen LogP contribution in [0.3, 0.4) is 0 Å². The summed E-state index contributed by atoms with van der Waals surface area (Å²) >= 11 is 1.66. The predicted molar refractivity (Wildman–Crippen MR) is 130 cm³/mol. The zero-order valence-electron chi connectivity index (χ0n) is 17.6. The molecule has 0 radical (unpaired) electrons. The van der Waals surface area contributed by atoms with Crippen molar-refractivity contribution in [3.8, 4) is 10.4 Å². The van der Waals surface area contributed by atoms with Crippen molar-refractivity contribution >= 4 is 34.3 Å². The number of rotatable bonds is 4. The van der Waals surface area contributed by atoms with Crippen molar-refractivity contribution in [3.63, 3.8) is 0 Å². The number of hydrogen-bond donors (Lipinski definition) is 3. The summed E-state index contributed by atoms with van der Waals surface area (Å²) in [4.78, 5) is 16.4. The van der Waals surface area contributed by atoms with Crippen LogP contribution in [-0.4, -0.2) is 31.1 Å². The van der Waals surface area contributed by atoms with Crippen molar-refractivity contribution in [2.45, 2.75) is 31.2 Å². The van der Waals surface area contributed by atoms with E-state index in [1.807, 2.05) is 41.8 Å². The highest BCUT2D eigenvalue weighted by molar-refractivity contribution is 7.13. The zero-order chi connectivity index (χ0) is 21.3. The summed E-state index contributed by atoms with van der Waals surface area (Å²) in [5, 5.41) is 8.74. The molecule has 0 saturated carbocycles. The molecular weight excluding hydrogens is 404 g/mol. The van der Waals surface area contributed by atoms with E-state index in [4.69, 9.17) is 5.73 Å². The molecule has 6 heteroatoms. The Labute approximate surface area is 187 Å². The second-order valence-corrected chi connectivity index (χ2v) is 9.53. The Morgan fingerprint density at radius 3 is 2.55 bits per heavy atom. The van der Waals surface area contributed by atoms with E-state index >= 15 is 0 Å². The van der Waals surface area contributed by atoms with Crippen molar-refractivity contribution in [2.24, 2.45) is 0 Å². The van der Waals surface area contributed by atoms with Gasteiger partial charge in [0.05, 0.1) is 11.4 Å². The van der Waals surface area contributed by atoms with Crippen LogP contribution in [-0.2, 0) is 0 Å². The molecule has 1 amide bonds. The van der Waals surface area contributed by atoms with Gasteiger partial charge in [0.1, 0.15) is 0 Å². The Hall–Kier alpha value is -2.83. The topological polar surface area (TPSA) is 70.4 Å². The van der Waals surface area contributed by atoms with Crippen LogP contribution in [0.25, 0.3) is 10.4 Å². The first-order chi connectivity index (χ1) is 15.1. The van der Waals surface area contributed by atoms with Crippen LogP contribution in [0.5, 0.6) is 0 Å². The average Bonchev–Trinajstić information content (AvgIpc) is 3.49. The number of carbonyl (C=O) groups excluding carboxylic acids is 1. The third kappa shape index (κ3) is 4.18. The number of amides is 1. The molecule has 31 heavy (non-hydrogen) atoms. The number of carbonyl (C=O) groups is 1. The summed E-state index contributed by atoms with van der Waals surface area (Å²) in [5.41, 5.74) is 10.6. The van der Waals surface area contributed by atoms with E-state index in [9.17, 15) is 4.79 Å². The maximum absolute atomic E-state index is 12.8. The monoisotopic (exact) mass is 432 g/mol. The van der Waals surface area contributed by atoms with Gasteiger partial charge in [-0.15, -0.1) is 11.3 Å². The lowest BCUT2D eigenvalue weighted by molar-refractivity contribution is 0.102. The van der Waals surface area contributed by atoms with E-state index in [1.165, 1.54) is 31.4 Å². The fraction of sp³-hybridized carbons (Fsp3) is 0.320. The molecule has 0 unspecified atom stereocenters. The number of anilines is 3. The zero-order valence-corrected chi connectivity index (χ0v) is 18.4.